The Morgan fingerprint density at radius 3 is 2.63 bits per heavy atom. The summed E-state index contributed by atoms with van der Waals surface area (Å²) >= 11 is 0. The fourth-order valence-electron chi connectivity index (χ4n) is 1.93. The highest BCUT2D eigenvalue weighted by molar-refractivity contribution is 5.88. The van der Waals surface area contributed by atoms with E-state index in [4.69, 9.17) is 14.3 Å². The van der Waals surface area contributed by atoms with Gasteiger partial charge in [0, 0.05) is 7.05 Å². The normalized spacial score (nSPS) is 10.7. The Morgan fingerprint density at radius 2 is 2.16 bits per heavy atom. The average molecular weight is 264 g/mol. The van der Waals surface area contributed by atoms with Crippen LogP contribution in [0.5, 0.6) is 5.75 Å². The molecule has 0 saturated heterocycles. The summed E-state index contributed by atoms with van der Waals surface area (Å²) in [6, 6.07) is 1.48. The smallest absolute Gasteiger partial charge is 0.339 e. The number of carboxylic acids is 1. The zero-order valence-electron chi connectivity index (χ0n) is 11.4. The average Bonchev–Trinajstić information content (AvgIpc) is 2.80. The summed E-state index contributed by atoms with van der Waals surface area (Å²) in [4.78, 5) is 10.9. The lowest BCUT2D eigenvalue weighted by Crippen LogP contribution is -1.97. The number of aromatic nitrogens is 2. The fourth-order valence-corrected chi connectivity index (χ4v) is 1.93. The molecule has 0 unspecified atom stereocenters. The van der Waals surface area contributed by atoms with E-state index in [9.17, 15) is 4.79 Å². The van der Waals surface area contributed by atoms with Crippen LogP contribution in [0.3, 0.4) is 0 Å². The number of carbonyl (C=O) groups is 1. The molecule has 0 aliphatic heterocycles. The lowest BCUT2D eigenvalue weighted by molar-refractivity contribution is 0.0695. The molecule has 1 N–H and O–H groups in total. The number of aryl methyl sites for hydroxylation is 3. The van der Waals surface area contributed by atoms with Gasteiger partial charge in [0.1, 0.15) is 29.4 Å². The molecule has 2 heterocycles. The maximum atomic E-state index is 10.9. The Bertz CT molecular complexity index is 625. The van der Waals surface area contributed by atoms with Gasteiger partial charge in [-0.2, -0.15) is 5.10 Å². The third kappa shape index (κ3) is 2.47. The monoisotopic (exact) mass is 264 g/mol. The summed E-state index contributed by atoms with van der Waals surface area (Å²) in [7, 11) is 1.84. The maximum absolute atomic E-state index is 10.9. The summed E-state index contributed by atoms with van der Waals surface area (Å²) in [5.41, 5.74) is 1.87. The highest BCUT2D eigenvalue weighted by Gasteiger charge is 2.16. The summed E-state index contributed by atoms with van der Waals surface area (Å²) in [5.74, 6) is 0.568. The molecule has 6 heteroatoms. The van der Waals surface area contributed by atoms with Crippen molar-refractivity contribution in [3.63, 3.8) is 0 Å². The highest BCUT2D eigenvalue weighted by Crippen LogP contribution is 2.23. The third-order valence-corrected chi connectivity index (χ3v) is 3.00. The number of ether oxygens (including phenoxy) is 1. The van der Waals surface area contributed by atoms with Crippen molar-refractivity contribution < 1.29 is 19.1 Å². The summed E-state index contributed by atoms with van der Waals surface area (Å²) in [6.07, 6.45) is 0. The van der Waals surface area contributed by atoms with Crippen molar-refractivity contribution in [2.45, 2.75) is 27.4 Å². The van der Waals surface area contributed by atoms with E-state index >= 15 is 0 Å². The lowest BCUT2D eigenvalue weighted by Gasteiger charge is -2.04. The molecular formula is C13H16N2O4. The summed E-state index contributed by atoms with van der Waals surface area (Å²) < 4.78 is 12.7. The first-order valence-electron chi connectivity index (χ1n) is 5.85. The molecule has 2 aromatic rings. The second-order valence-corrected chi connectivity index (χ2v) is 4.40. The Hall–Kier alpha value is -2.24. The van der Waals surface area contributed by atoms with Gasteiger partial charge in [-0.15, -0.1) is 0 Å². The number of furan rings is 1. The molecule has 0 amide bonds. The van der Waals surface area contributed by atoms with E-state index in [-0.39, 0.29) is 12.2 Å². The van der Waals surface area contributed by atoms with Crippen LogP contribution in [-0.2, 0) is 13.7 Å². The molecule has 2 aromatic heterocycles. The minimum absolute atomic E-state index is 0.165. The molecule has 0 spiro atoms. The van der Waals surface area contributed by atoms with Gasteiger partial charge in [-0.05, 0) is 26.8 Å². The van der Waals surface area contributed by atoms with Crippen LogP contribution in [0.4, 0.5) is 0 Å². The molecule has 2 rings (SSSR count). The quantitative estimate of drug-likeness (QED) is 0.916. The first-order valence-corrected chi connectivity index (χ1v) is 5.85. The largest absolute Gasteiger partial charge is 0.482 e. The van der Waals surface area contributed by atoms with Gasteiger partial charge in [0.2, 0.25) is 0 Å². The molecule has 0 bridgehead atoms. The van der Waals surface area contributed by atoms with Crippen molar-refractivity contribution >= 4 is 5.97 Å². The van der Waals surface area contributed by atoms with Crippen LogP contribution in [0.25, 0.3) is 0 Å². The second kappa shape index (κ2) is 4.79. The Labute approximate surface area is 110 Å². The van der Waals surface area contributed by atoms with Crippen LogP contribution in [0, 0.1) is 20.8 Å². The van der Waals surface area contributed by atoms with Crippen LogP contribution >= 0.6 is 0 Å². The van der Waals surface area contributed by atoms with Gasteiger partial charge < -0.3 is 14.3 Å². The molecule has 6 nitrogen and oxygen atoms in total. The first-order chi connectivity index (χ1) is 8.90. The Morgan fingerprint density at radius 1 is 1.47 bits per heavy atom. The topological polar surface area (TPSA) is 77.5 Å². The van der Waals surface area contributed by atoms with E-state index < -0.39 is 5.97 Å². The molecule has 19 heavy (non-hydrogen) atoms. The molecule has 0 radical (unpaired) electrons. The molecule has 0 aromatic carbocycles. The Balaban J connectivity index is 2.15. The summed E-state index contributed by atoms with van der Waals surface area (Å²) in [6.45, 7) is 5.57. The second-order valence-electron chi connectivity index (χ2n) is 4.40. The van der Waals surface area contributed by atoms with Crippen LogP contribution in [0.15, 0.2) is 10.5 Å². The number of aromatic carboxylic acids is 1. The zero-order valence-corrected chi connectivity index (χ0v) is 11.4. The van der Waals surface area contributed by atoms with E-state index in [1.54, 1.807) is 11.6 Å². The zero-order chi connectivity index (χ0) is 14.2. The predicted molar refractivity (Wildman–Crippen MR) is 67.4 cm³/mol. The fraction of sp³-hybridized carbons (Fsp3) is 0.385. The summed E-state index contributed by atoms with van der Waals surface area (Å²) in [5, 5.41) is 13.2. The number of rotatable bonds is 4. The van der Waals surface area contributed by atoms with Crippen molar-refractivity contribution in [3.05, 3.63) is 34.5 Å². The van der Waals surface area contributed by atoms with Crippen LogP contribution in [0.1, 0.15) is 33.3 Å². The molecule has 102 valence electrons. The van der Waals surface area contributed by atoms with Gasteiger partial charge in [-0.1, -0.05) is 0 Å². The van der Waals surface area contributed by atoms with Crippen molar-refractivity contribution in [1.82, 2.24) is 9.78 Å². The van der Waals surface area contributed by atoms with Gasteiger partial charge in [0.05, 0.1) is 5.69 Å². The molecular weight excluding hydrogens is 248 g/mol. The Kier molecular flexibility index (Phi) is 3.33. The van der Waals surface area contributed by atoms with Gasteiger partial charge in [0.25, 0.3) is 0 Å². The number of nitrogens with zero attached hydrogens (tertiary/aromatic N) is 2. The minimum Gasteiger partial charge on any atom is -0.482 e. The molecule has 0 saturated carbocycles. The van der Waals surface area contributed by atoms with Crippen molar-refractivity contribution in [3.8, 4) is 5.75 Å². The van der Waals surface area contributed by atoms with Crippen molar-refractivity contribution in [2.24, 2.45) is 7.05 Å². The lowest BCUT2D eigenvalue weighted by atomic mass is 10.2. The number of hydrogen-bond donors (Lipinski definition) is 1. The molecule has 0 aliphatic carbocycles. The first kappa shape index (κ1) is 13.2. The van der Waals surface area contributed by atoms with Crippen LogP contribution in [0.2, 0.25) is 0 Å². The number of hydrogen-bond acceptors (Lipinski definition) is 4. The van der Waals surface area contributed by atoms with Crippen molar-refractivity contribution in [2.75, 3.05) is 0 Å². The standard InChI is InChI=1S/C13H16N2O4/c1-7-12(8(2)15(4)14-7)18-6-10-5-11(13(16)17)9(3)19-10/h5H,6H2,1-4H3,(H,16,17). The van der Waals surface area contributed by atoms with E-state index in [1.807, 2.05) is 20.9 Å². The van der Waals surface area contributed by atoms with Gasteiger partial charge in [-0.3, -0.25) is 4.68 Å². The van der Waals surface area contributed by atoms with Gasteiger partial charge >= 0.3 is 5.97 Å². The molecule has 0 aliphatic rings. The minimum atomic E-state index is -0.999. The maximum Gasteiger partial charge on any atom is 0.339 e. The van der Waals surface area contributed by atoms with E-state index in [0.717, 1.165) is 11.4 Å². The van der Waals surface area contributed by atoms with E-state index in [0.29, 0.717) is 17.3 Å². The van der Waals surface area contributed by atoms with Gasteiger partial charge in [0.15, 0.2) is 5.75 Å². The van der Waals surface area contributed by atoms with Gasteiger partial charge in [-0.25, -0.2) is 4.79 Å². The van der Waals surface area contributed by atoms with E-state index in [2.05, 4.69) is 5.10 Å². The highest BCUT2D eigenvalue weighted by atomic mass is 16.5. The van der Waals surface area contributed by atoms with Crippen LogP contribution < -0.4 is 4.74 Å². The molecule has 0 fully saturated rings. The SMILES string of the molecule is Cc1nn(C)c(C)c1OCc1cc(C(=O)O)c(C)o1. The third-order valence-electron chi connectivity index (χ3n) is 3.00. The number of carboxylic acid groups (broad SMARTS) is 1. The van der Waals surface area contributed by atoms with Crippen LogP contribution in [-0.4, -0.2) is 20.9 Å². The van der Waals surface area contributed by atoms with Crippen molar-refractivity contribution in [1.29, 1.82) is 0 Å². The molecule has 0 atom stereocenters. The predicted octanol–water partition coefficient (Wildman–Crippen LogP) is 2.22. The van der Waals surface area contributed by atoms with E-state index in [1.165, 1.54) is 6.07 Å².